The van der Waals surface area contributed by atoms with Gasteiger partial charge in [-0.2, -0.15) is 0 Å². The molecule has 3 rings (SSSR count). The monoisotopic (exact) mass is 369 g/mol. The Labute approximate surface area is 157 Å². The predicted octanol–water partition coefficient (Wildman–Crippen LogP) is 5.21. The van der Waals surface area contributed by atoms with Gasteiger partial charge in [-0.15, -0.1) is 0 Å². The summed E-state index contributed by atoms with van der Waals surface area (Å²) in [4.78, 5) is 21.3. The number of esters is 1. The fraction of sp³-hybridized carbons (Fsp3) is 0.250. The number of pyridine rings is 2. The Morgan fingerprint density at radius 1 is 1.23 bits per heavy atom. The highest BCUT2D eigenvalue weighted by Gasteiger charge is 2.18. The molecule has 0 spiro atoms. The van der Waals surface area contributed by atoms with E-state index in [1.54, 1.807) is 0 Å². The molecule has 134 valence electrons. The van der Waals surface area contributed by atoms with Crippen LogP contribution in [0.3, 0.4) is 0 Å². The van der Waals surface area contributed by atoms with Gasteiger partial charge in [0.05, 0.1) is 12.3 Å². The number of carbonyl (C=O) groups excluding carboxylic acids is 1. The SMILES string of the molecule is CCCOC(=O)c1cnc2nc(C)ccc2c1Nc1ccc(C)c(Cl)c1. The first-order chi connectivity index (χ1) is 12.5. The van der Waals surface area contributed by atoms with Crippen molar-refractivity contribution in [2.24, 2.45) is 0 Å². The molecule has 2 heterocycles. The van der Waals surface area contributed by atoms with E-state index in [2.05, 4.69) is 15.3 Å². The second kappa shape index (κ2) is 7.70. The van der Waals surface area contributed by atoms with E-state index in [1.807, 2.05) is 51.1 Å². The fourth-order valence-corrected chi connectivity index (χ4v) is 2.73. The van der Waals surface area contributed by atoms with Crippen LogP contribution in [0.4, 0.5) is 11.4 Å². The lowest BCUT2D eigenvalue weighted by atomic mass is 10.1. The lowest BCUT2D eigenvalue weighted by Gasteiger charge is -2.15. The third-order valence-electron chi connectivity index (χ3n) is 3.97. The zero-order valence-corrected chi connectivity index (χ0v) is 15.7. The third-order valence-corrected chi connectivity index (χ3v) is 4.37. The van der Waals surface area contributed by atoms with Crippen molar-refractivity contribution in [2.45, 2.75) is 27.2 Å². The molecule has 0 bridgehead atoms. The molecule has 1 N–H and O–H groups in total. The van der Waals surface area contributed by atoms with Crippen molar-refractivity contribution in [1.82, 2.24) is 9.97 Å². The zero-order chi connectivity index (χ0) is 18.7. The first-order valence-corrected chi connectivity index (χ1v) is 8.84. The topological polar surface area (TPSA) is 64.1 Å². The second-order valence-corrected chi connectivity index (χ2v) is 6.50. The van der Waals surface area contributed by atoms with E-state index in [0.717, 1.165) is 28.8 Å². The minimum Gasteiger partial charge on any atom is -0.462 e. The van der Waals surface area contributed by atoms with Crippen molar-refractivity contribution in [3.8, 4) is 0 Å². The Hall–Kier alpha value is -2.66. The first kappa shape index (κ1) is 18.1. The molecule has 0 aliphatic rings. The quantitative estimate of drug-likeness (QED) is 0.625. The maximum Gasteiger partial charge on any atom is 0.341 e. The van der Waals surface area contributed by atoms with Gasteiger partial charge in [0.1, 0.15) is 5.56 Å². The summed E-state index contributed by atoms with van der Waals surface area (Å²) >= 11 is 6.23. The molecule has 0 aliphatic carbocycles. The van der Waals surface area contributed by atoms with Crippen LogP contribution >= 0.6 is 11.6 Å². The minimum atomic E-state index is -0.414. The van der Waals surface area contributed by atoms with E-state index in [9.17, 15) is 4.79 Å². The molecule has 26 heavy (non-hydrogen) atoms. The van der Waals surface area contributed by atoms with Crippen molar-refractivity contribution in [1.29, 1.82) is 0 Å². The van der Waals surface area contributed by atoms with Crippen molar-refractivity contribution >= 4 is 40.0 Å². The smallest absolute Gasteiger partial charge is 0.341 e. The highest BCUT2D eigenvalue weighted by molar-refractivity contribution is 6.31. The summed E-state index contributed by atoms with van der Waals surface area (Å²) in [6.07, 6.45) is 2.26. The molecule has 3 aromatic rings. The normalized spacial score (nSPS) is 10.8. The Balaban J connectivity index is 2.11. The van der Waals surface area contributed by atoms with E-state index in [0.29, 0.717) is 28.5 Å². The number of nitrogens with zero attached hydrogens (tertiary/aromatic N) is 2. The average Bonchev–Trinajstić information content (AvgIpc) is 2.62. The van der Waals surface area contributed by atoms with Crippen LogP contribution in [0.15, 0.2) is 36.5 Å². The number of carbonyl (C=O) groups is 1. The van der Waals surface area contributed by atoms with Gasteiger partial charge in [0, 0.05) is 28.0 Å². The van der Waals surface area contributed by atoms with Gasteiger partial charge in [-0.1, -0.05) is 24.6 Å². The number of halogens is 1. The number of aryl methyl sites for hydroxylation is 2. The van der Waals surface area contributed by atoms with Crippen molar-refractivity contribution in [3.05, 3.63) is 58.4 Å². The van der Waals surface area contributed by atoms with E-state index in [4.69, 9.17) is 16.3 Å². The number of nitrogens with one attached hydrogen (secondary N) is 1. The Bertz CT molecular complexity index is 973. The number of anilines is 2. The number of benzene rings is 1. The number of fused-ring (bicyclic) bond motifs is 1. The van der Waals surface area contributed by atoms with E-state index in [-0.39, 0.29) is 0 Å². The van der Waals surface area contributed by atoms with Crippen LogP contribution < -0.4 is 5.32 Å². The Morgan fingerprint density at radius 3 is 2.77 bits per heavy atom. The number of rotatable bonds is 5. The van der Waals surface area contributed by atoms with Gasteiger partial charge < -0.3 is 10.1 Å². The predicted molar refractivity (Wildman–Crippen MR) is 104 cm³/mol. The van der Waals surface area contributed by atoms with E-state index >= 15 is 0 Å². The molecule has 0 aliphatic heterocycles. The lowest BCUT2D eigenvalue weighted by Crippen LogP contribution is -2.10. The lowest BCUT2D eigenvalue weighted by molar-refractivity contribution is 0.0506. The molecular formula is C20H20ClN3O2. The number of hydrogen-bond donors (Lipinski definition) is 1. The highest BCUT2D eigenvalue weighted by atomic mass is 35.5. The molecule has 6 heteroatoms. The van der Waals surface area contributed by atoms with Gasteiger partial charge in [-0.3, -0.25) is 0 Å². The maximum atomic E-state index is 12.5. The van der Waals surface area contributed by atoms with Crippen LogP contribution in [-0.4, -0.2) is 22.5 Å². The molecule has 2 aromatic heterocycles. The molecular weight excluding hydrogens is 350 g/mol. The van der Waals surface area contributed by atoms with Crippen LogP contribution in [0.1, 0.15) is 35.0 Å². The summed E-state index contributed by atoms with van der Waals surface area (Å²) in [5.74, 6) is -0.414. The number of aromatic nitrogens is 2. The standard InChI is InChI=1S/C20H20ClN3O2/c1-4-9-26-20(25)16-11-22-19-15(8-6-13(3)23-19)18(16)24-14-7-5-12(2)17(21)10-14/h5-8,10-11H,4,9H2,1-3H3,(H,22,23,24). The van der Waals surface area contributed by atoms with Crippen LogP contribution in [0.5, 0.6) is 0 Å². The molecule has 1 aromatic carbocycles. The summed E-state index contributed by atoms with van der Waals surface area (Å²) in [7, 11) is 0. The summed E-state index contributed by atoms with van der Waals surface area (Å²) in [6, 6.07) is 9.45. The second-order valence-electron chi connectivity index (χ2n) is 6.10. The summed E-state index contributed by atoms with van der Waals surface area (Å²) in [5, 5.41) is 4.69. The number of hydrogen-bond acceptors (Lipinski definition) is 5. The van der Waals surface area contributed by atoms with Crippen molar-refractivity contribution < 1.29 is 9.53 Å². The van der Waals surface area contributed by atoms with Gasteiger partial charge in [-0.25, -0.2) is 14.8 Å². The third kappa shape index (κ3) is 3.78. The van der Waals surface area contributed by atoms with Crippen molar-refractivity contribution in [3.63, 3.8) is 0 Å². The molecule has 0 saturated carbocycles. The molecule has 0 saturated heterocycles. The van der Waals surface area contributed by atoms with Crippen molar-refractivity contribution in [2.75, 3.05) is 11.9 Å². The summed E-state index contributed by atoms with van der Waals surface area (Å²) < 4.78 is 5.31. The van der Waals surface area contributed by atoms with Gasteiger partial charge in [-0.05, 0) is 50.1 Å². The highest BCUT2D eigenvalue weighted by Crippen LogP contribution is 2.30. The largest absolute Gasteiger partial charge is 0.462 e. The van der Waals surface area contributed by atoms with E-state index < -0.39 is 5.97 Å². The summed E-state index contributed by atoms with van der Waals surface area (Å²) in [6.45, 7) is 6.15. The minimum absolute atomic E-state index is 0.360. The van der Waals surface area contributed by atoms with E-state index in [1.165, 1.54) is 6.20 Å². The molecule has 5 nitrogen and oxygen atoms in total. The van der Waals surface area contributed by atoms with Crippen LogP contribution in [0.25, 0.3) is 11.0 Å². The molecule has 0 radical (unpaired) electrons. The molecule has 0 fully saturated rings. The first-order valence-electron chi connectivity index (χ1n) is 8.46. The maximum absolute atomic E-state index is 12.5. The average molecular weight is 370 g/mol. The van der Waals surface area contributed by atoms with Crippen LogP contribution in [-0.2, 0) is 4.74 Å². The molecule has 0 unspecified atom stereocenters. The Morgan fingerprint density at radius 2 is 2.04 bits per heavy atom. The summed E-state index contributed by atoms with van der Waals surface area (Å²) in [5.41, 5.74) is 4.17. The fourth-order valence-electron chi connectivity index (χ4n) is 2.55. The van der Waals surface area contributed by atoms with Gasteiger partial charge in [0.2, 0.25) is 0 Å². The van der Waals surface area contributed by atoms with Gasteiger partial charge in [0.15, 0.2) is 5.65 Å². The number of ether oxygens (including phenoxy) is 1. The molecule has 0 atom stereocenters. The van der Waals surface area contributed by atoms with Crippen LogP contribution in [0, 0.1) is 13.8 Å². The zero-order valence-electron chi connectivity index (χ0n) is 15.0. The Kier molecular flexibility index (Phi) is 5.38. The van der Waals surface area contributed by atoms with Gasteiger partial charge >= 0.3 is 5.97 Å². The van der Waals surface area contributed by atoms with Crippen LogP contribution in [0.2, 0.25) is 5.02 Å². The van der Waals surface area contributed by atoms with Gasteiger partial charge in [0.25, 0.3) is 0 Å². The molecule has 0 amide bonds.